The lowest BCUT2D eigenvalue weighted by atomic mass is 9.93. The fourth-order valence-corrected chi connectivity index (χ4v) is 3.35. The van der Waals surface area contributed by atoms with Crippen LogP contribution >= 0.6 is 0 Å². The molecule has 0 saturated carbocycles. The average Bonchev–Trinajstić information content (AvgIpc) is 3.11. The summed E-state index contributed by atoms with van der Waals surface area (Å²) in [5.74, 6) is 2.42. The molecule has 1 saturated heterocycles. The molecule has 1 N–H and O–H groups in total. The lowest BCUT2D eigenvalue weighted by Gasteiger charge is -2.31. The Morgan fingerprint density at radius 1 is 1.39 bits per heavy atom. The van der Waals surface area contributed by atoms with E-state index in [0.29, 0.717) is 5.92 Å². The van der Waals surface area contributed by atoms with Gasteiger partial charge in [0.05, 0.1) is 5.69 Å². The molecule has 0 spiro atoms. The molecular weight excluding hydrogens is 292 g/mol. The molecule has 0 amide bonds. The highest BCUT2D eigenvalue weighted by Gasteiger charge is 2.29. The lowest BCUT2D eigenvalue weighted by molar-refractivity contribution is -0.0342. The third-order valence-corrected chi connectivity index (χ3v) is 4.70. The predicted molar refractivity (Wildman–Crippen MR) is 87.2 cm³/mol. The Hall–Kier alpha value is -1.66. The minimum absolute atomic E-state index is 0.0929. The molecule has 1 aliphatic rings. The molecule has 23 heavy (non-hydrogen) atoms. The van der Waals surface area contributed by atoms with Gasteiger partial charge in [-0.2, -0.15) is 0 Å². The van der Waals surface area contributed by atoms with Crippen LogP contribution < -0.4 is 5.32 Å². The van der Waals surface area contributed by atoms with E-state index in [2.05, 4.69) is 20.0 Å². The number of imidazole rings is 1. The molecule has 6 nitrogen and oxygen atoms in total. The molecule has 0 aliphatic carbocycles. The second-order valence-electron chi connectivity index (χ2n) is 6.35. The molecule has 0 aromatic carbocycles. The quantitative estimate of drug-likeness (QED) is 0.828. The van der Waals surface area contributed by atoms with Gasteiger partial charge in [-0.3, -0.25) is 0 Å². The topological polar surface area (TPSA) is 65.1 Å². The number of aryl methyl sites for hydroxylation is 3. The van der Waals surface area contributed by atoms with Crippen molar-refractivity contribution in [2.45, 2.75) is 39.2 Å². The van der Waals surface area contributed by atoms with Crippen molar-refractivity contribution in [3.63, 3.8) is 0 Å². The third kappa shape index (κ3) is 3.64. The maximum absolute atomic E-state index is 6.01. The first-order valence-corrected chi connectivity index (χ1v) is 8.38. The summed E-state index contributed by atoms with van der Waals surface area (Å²) < 4.78 is 13.3. The normalized spacial score (nSPS) is 21.7. The monoisotopic (exact) mass is 318 g/mol. The molecule has 1 fully saturated rings. The number of rotatable bonds is 6. The van der Waals surface area contributed by atoms with Gasteiger partial charge in [-0.05, 0) is 39.7 Å². The molecule has 0 bridgehead atoms. The van der Waals surface area contributed by atoms with Crippen molar-refractivity contribution >= 4 is 0 Å². The molecule has 1 aliphatic heterocycles. The molecule has 2 atom stereocenters. The van der Waals surface area contributed by atoms with E-state index in [9.17, 15) is 0 Å². The zero-order chi connectivity index (χ0) is 16.2. The van der Waals surface area contributed by atoms with Crippen molar-refractivity contribution < 1.29 is 9.26 Å². The van der Waals surface area contributed by atoms with E-state index in [0.717, 1.165) is 49.8 Å². The minimum atomic E-state index is 0.0929. The first-order chi connectivity index (χ1) is 11.2. The fraction of sp³-hybridized carbons (Fsp3) is 0.647. The van der Waals surface area contributed by atoms with Gasteiger partial charge < -0.3 is 19.1 Å². The van der Waals surface area contributed by atoms with Gasteiger partial charge in [-0.1, -0.05) is 5.16 Å². The van der Waals surface area contributed by atoms with Crippen LogP contribution in [0.25, 0.3) is 0 Å². The van der Waals surface area contributed by atoms with E-state index >= 15 is 0 Å². The summed E-state index contributed by atoms with van der Waals surface area (Å²) >= 11 is 0. The van der Waals surface area contributed by atoms with Gasteiger partial charge >= 0.3 is 0 Å². The second-order valence-corrected chi connectivity index (χ2v) is 6.35. The van der Waals surface area contributed by atoms with Gasteiger partial charge in [0.2, 0.25) is 0 Å². The molecule has 3 heterocycles. The summed E-state index contributed by atoms with van der Waals surface area (Å²) in [7, 11) is 2.03. The van der Waals surface area contributed by atoms with Gasteiger partial charge in [-0.15, -0.1) is 0 Å². The van der Waals surface area contributed by atoms with E-state index in [4.69, 9.17) is 9.26 Å². The number of nitrogens with zero attached hydrogens (tertiary/aromatic N) is 3. The first kappa shape index (κ1) is 16.2. The van der Waals surface area contributed by atoms with Gasteiger partial charge in [0, 0.05) is 44.1 Å². The first-order valence-electron chi connectivity index (χ1n) is 8.38. The third-order valence-electron chi connectivity index (χ3n) is 4.70. The maximum atomic E-state index is 6.01. The zero-order valence-corrected chi connectivity index (χ0v) is 14.2. The van der Waals surface area contributed by atoms with Crippen LogP contribution in [-0.4, -0.2) is 34.4 Å². The average molecular weight is 318 g/mol. The summed E-state index contributed by atoms with van der Waals surface area (Å²) in [6, 6.07) is 0. The van der Waals surface area contributed by atoms with Crippen molar-refractivity contribution in [3.05, 3.63) is 35.2 Å². The molecule has 0 unspecified atom stereocenters. The van der Waals surface area contributed by atoms with Crippen LogP contribution in [0.1, 0.15) is 41.8 Å². The number of hydrogen-bond acceptors (Lipinski definition) is 5. The Kier molecular flexibility index (Phi) is 5.13. The van der Waals surface area contributed by atoms with Gasteiger partial charge in [0.15, 0.2) is 0 Å². The van der Waals surface area contributed by atoms with Crippen LogP contribution in [0.4, 0.5) is 0 Å². The van der Waals surface area contributed by atoms with Gasteiger partial charge in [0.1, 0.15) is 17.7 Å². The van der Waals surface area contributed by atoms with Crippen LogP contribution in [0.15, 0.2) is 16.9 Å². The van der Waals surface area contributed by atoms with E-state index in [-0.39, 0.29) is 6.10 Å². The molecule has 0 radical (unpaired) electrons. The number of aromatic nitrogens is 3. The SMILES string of the molecule is Cc1noc(C)c1CCNC[C@@H]1CCCO[C@H]1c1nccn1C. The largest absolute Gasteiger partial charge is 0.370 e. The predicted octanol–water partition coefficient (Wildman–Crippen LogP) is 2.32. The number of nitrogens with one attached hydrogen (secondary N) is 1. The van der Waals surface area contributed by atoms with Crippen molar-refractivity contribution in [2.75, 3.05) is 19.7 Å². The van der Waals surface area contributed by atoms with Crippen LogP contribution in [0.2, 0.25) is 0 Å². The van der Waals surface area contributed by atoms with Crippen LogP contribution in [0.5, 0.6) is 0 Å². The Morgan fingerprint density at radius 3 is 2.96 bits per heavy atom. The van der Waals surface area contributed by atoms with Crippen LogP contribution in [0.3, 0.4) is 0 Å². The van der Waals surface area contributed by atoms with Crippen LogP contribution in [0, 0.1) is 19.8 Å². The molecule has 2 aromatic rings. The Balaban J connectivity index is 1.53. The molecule has 3 rings (SSSR count). The van der Waals surface area contributed by atoms with E-state index in [1.165, 1.54) is 12.0 Å². The summed E-state index contributed by atoms with van der Waals surface area (Å²) in [4.78, 5) is 4.47. The number of ether oxygens (including phenoxy) is 1. The Bertz CT molecular complexity index is 615. The lowest BCUT2D eigenvalue weighted by Crippen LogP contribution is -2.34. The fourth-order valence-electron chi connectivity index (χ4n) is 3.35. The van der Waals surface area contributed by atoms with Gasteiger partial charge in [-0.25, -0.2) is 4.98 Å². The van der Waals surface area contributed by atoms with E-state index in [1.807, 2.05) is 33.3 Å². The molecule has 2 aromatic heterocycles. The second kappa shape index (κ2) is 7.27. The van der Waals surface area contributed by atoms with E-state index in [1.54, 1.807) is 0 Å². The summed E-state index contributed by atoms with van der Waals surface area (Å²) in [6.45, 7) is 6.67. The zero-order valence-electron chi connectivity index (χ0n) is 14.2. The van der Waals surface area contributed by atoms with Crippen molar-refractivity contribution in [1.29, 1.82) is 0 Å². The molecule has 126 valence electrons. The maximum Gasteiger partial charge on any atom is 0.137 e. The smallest absolute Gasteiger partial charge is 0.137 e. The molecular formula is C17H26N4O2. The van der Waals surface area contributed by atoms with E-state index < -0.39 is 0 Å². The highest BCUT2D eigenvalue weighted by molar-refractivity contribution is 5.20. The number of hydrogen-bond donors (Lipinski definition) is 1. The summed E-state index contributed by atoms with van der Waals surface area (Å²) in [5.41, 5.74) is 2.22. The Morgan fingerprint density at radius 2 is 2.26 bits per heavy atom. The van der Waals surface area contributed by atoms with Gasteiger partial charge in [0.25, 0.3) is 0 Å². The summed E-state index contributed by atoms with van der Waals surface area (Å²) in [5, 5.41) is 7.58. The van der Waals surface area contributed by atoms with Crippen molar-refractivity contribution in [3.8, 4) is 0 Å². The minimum Gasteiger partial charge on any atom is -0.370 e. The highest BCUT2D eigenvalue weighted by Crippen LogP contribution is 2.32. The highest BCUT2D eigenvalue weighted by atomic mass is 16.5. The van der Waals surface area contributed by atoms with Crippen LogP contribution in [-0.2, 0) is 18.2 Å². The van der Waals surface area contributed by atoms with Crippen molar-refractivity contribution in [1.82, 2.24) is 20.0 Å². The molecule has 6 heteroatoms. The summed E-state index contributed by atoms with van der Waals surface area (Å²) in [6.07, 6.45) is 7.16. The standard InChI is InChI=1S/C17H26N4O2/c1-12-15(13(2)23-20-12)6-7-18-11-14-5-4-10-22-16(14)17-19-8-9-21(17)3/h8-9,14,16,18H,4-7,10-11H2,1-3H3/t14-,16+/m0/s1. The van der Waals surface area contributed by atoms with Crippen molar-refractivity contribution in [2.24, 2.45) is 13.0 Å². The Labute approximate surface area is 137 Å².